The molecule has 0 aliphatic carbocycles. The highest BCUT2D eigenvalue weighted by Gasteiger charge is 2.35. The number of imidazole rings is 1. The molecule has 2 aromatic rings. The summed E-state index contributed by atoms with van der Waals surface area (Å²) in [6.07, 6.45) is 8.59. The number of hydrogen-bond donors (Lipinski definition) is 2. The second-order valence-electron chi connectivity index (χ2n) is 8.56. The molecule has 0 radical (unpaired) electrons. The lowest BCUT2D eigenvalue weighted by atomic mass is 9.90. The Morgan fingerprint density at radius 1 is 1.14 bits per heavy atom. The number of piperidine rings is 1. The van der Waals surface area contributed by atoms with Gasteiger partial charge in [-0.2, -0.15) is 0 Å². The Hall–Kier alpha value is -3.15. The van der Waals surface area contributed by atoms with E-state index in [9.17, 15) is 0 Å². The summed E-state index contributed by atoms with van der Waals surface area (Å²) in [4.78, 5) is 25.5. The largest absolute Gasteiger partial charge is 0.493 e. The third-order valence-electron chi connectivity index (χ3n) is 5.85. The van der Waals surface area contributed by atoms with Crippen molar-refractivity contribution in [3.8, 4) is 11.5 Å². The number of carboxylic acid groups (broad SMARTS) is 2. The van der Waals surface area contributed by atoms with E-state index < -0.39 is 0 Å². The van der Waals surface area contributed by atoms with Gasteiger partial charge in [-0.3, -0.25) is 14.5 Å². The van der Waals surface area contributed by atoms with Crippen molar-refractivity contribution in [2.45, 2.75) is 38.0 Å². The molecule has 0 atom stereocenters. The van der Waals surface area contributed by atoms with Gasteiger partial charge in [0.15, 0.2) is 11.5 Å². The topological polar surface area (TPSA) is 127 Å². The first kappa shape index (κ1) is 30.9. The monoisotopic (exact) mass is 508 g/mol. The van der Waals surface area contributed by atoms with Gasteiger partial charge >= 0.3 is 0 Å². The van der Waals surface area contributed by atoms with Gasteiger partial charge < -0.3 is 33.9 Å². The zero-order valence-corrected chi connectivity index (χ0v) is 21.7. The molecule has 202 valence electrons. The number of aryl methyl sites for hydroxylation is 1. The number of hydrogen-bond acceptors (Lipinski definition) is 8. The van der Waals surface area contributed by atoms with E-state index in [1.807, 2.05) is 31.8 Å². The second-order valence-corrected chi connectivity index (χ2v) is 8.56. The molecule has 0 amide bonds. The van der Waals surface area contributed by atoms with Gasteiger partial charge in [0.05, 0.1) is 25.6 Å². The average molecular weight is 509 g/mol. The lowest BCUT2D eigenvalue weighted by Crippen LogP contribution is -2.50. The summed E-state index contributed by atoms with van der Waals surface area (Å²) in [5.41, 5.74) is 1.13. The lowest BCUT2D eigenvalue weighted by molar-refractivity contribution is -0.123. The third kappa shape index (κ3) is 10.6. The molecule has 1 aromatic heterocycles. The Morgan fingerprint density at radius 2 is 1.81 bits per heavy atom. The number of methoxy groups -OCH3 is 2. The SMILES string of the molecule is COc1cccc(CN2CCC(CN(C)C)(OC)CC2)c1OCCCn1ccnc1.O=CO.O=CO. The Morgan fingerprint density at radius 3 is 2.33 bits per heavy atom. The fourth-order valence-corrected chi connectivity index (χ4v) is 4.21. The lowest BCUT2D eigenvalue weighted by Gasteiger charge is -2.42. The standard InChI is InChI=1S/C23H36N4O3.2CH2O2/c1-25(2)18-23(29-4)9-13-26(14-10-23)17-20-7-5-8-21(28-3)22(20)30-16-6-12-27-15-11-24-19-27;2*2-1-3/h5,7-8,11,15,19H,6,9-10,12-14,16-18H2,1-4H3;2*1H,(H,2,3). The minimum atomic E-state index is -0.250. The molecule has 0 saturated carbocycles. The number of likely N-dealkylation sites (N-methyl/N-ethyl adjacent to an activating group) is 1. The molecule has 3 rings (SSSR count). The minimum absolute atomic E-state index is 0.0406. The highest BCUT2D eigenvalue weighted by atomic mass is 16.5. The smallest absolute Gasteiger partial charge is 0.290 e. The Balaban J connectivity index is 0.000000982. The molecule has 0 bridgehead atoms. The summed E-state index contributed by atoms with van der Waals surface area (Å²) < 4.78 is 19.8. The summed E-state index contributed by atoms with van der Waals surface area (Å²) in [7, 11) is 7.77. The van der Waals surface area contributed by atoms with Crippen molar-refractivity contribution < 1.29 is 34.0 Å². The average Bonchev–Trinajstić information content (AvgIpc) is 3.38. The van der Waals surface area contributed by atoms with Crippen molar-refractivity contribution in [2.75, 3.05) is 54.6 Å². The van der Waals surface area contributed by atoms with Crippen LogP contribution in [0.25, 0.3) is 0 Å². The molecule has 1 aromatic carbocycles. The summed E-state index contributed by atoms with van der Waals surface area (Å²) >= 11 is 0. The highest BCUT2D eigenvalue weighted by molar-refractivity contribution is 5.46. The molecule has 36 heavy (non-hydrogen) atoms. The van der Waals surface area contributed by atoms with E-state index in [1.165, 1.54) is 5.56 Å². The van der Waals surface area contributed by atoms with Gasteiger partial charge in [0, 0.05) is 57.8 Å². The molecule has 11 heteroatoms. The van der Waals surface area contributed by atoms with Gasteiger partial charge in [0.2, 0.25) is 0 Å². The first-order valence-corrected chi connectivity index (χ1v) is 11.7. The molecule has 2 N–H and O–H groups in total. The van der Waals surface area contributed by atoms with E-state index >= 15 is 0 Å². The predicted octanol–water partition coefficient (Wildman–Crippen LogP) is 2.31. The van der Waals surface area contributed by atoms with E-state index in [0.29, 0.717) is 6.61 Å². The summed E-state index contributed by atoms with van der Waals surface area (Å²) in [5.74, 6) is 1.66. The van der Waals surface area contributed by atoms with Crippen LogP contribution >= 0.6 is 0 Å². The zero-order valence-electron chi connectivity index (χ0n) is 21.7. The summed E-state index contributed by atoms with van der Waals surface area (Å²) in [6.45, 7) is 4.87. The number of likely N-dealkylation sites (tertiary alicyclic amines) is 1. The van der Waals surface area contributed by atoms with E-state index in [0.717, 1.165) is 63.5 Å². The van der Waals surface area contributed by atoms with Crippen molar-refractivity contribution >= 4 is 12.9 Å². The molecule has 11 nitrogen and oxygen atoms in total. The molecule has 0 spiro atoms. The first-order valence-electron chi connectivity index (χ1n) is 11.7. The molecule has 1 aliphatic rings. The van der Waals surface area contributed by atoms with Crippen molar-refractivity contribution in [2.24, 2.45) is 0 Å². The van der Waals surface area contributed by atoms with Crippen LogP contribution in [-0.2, 0) is 27.4 Å². The maximum absolute atomic E-state index is 8.36. The van der Waals surface area contributed by atoms with Crippen LogP contribution in [-0.4, -0.2) is 103 Å². The maximum Gasteiger partial charge on any atom is 0.290 e. The fraction of sp³-hybridized carbons (Fsp3) is 0.560. The Labute approximate surface area is 213 Å². The van der Waals surface area contributed by atoms with E-state index in [1.54, 1.807) is 13.3 Å². The van der Waals surface area contributed by atoms with Gasteiger partial charge in [-0.05, 0) is 39.4 Å². The number of benzene rings is 1. The van der Waals surface area contributed by atoms with Crippen molar-refractivity contribution in [1.82, 2.24) is 19.4 Å². The molecular formula is C25H40N4O7. The van der Waals surface area contributed by atoms with E-state index in [-0.39, 0.29) is 18.5 Å². The highest BCUT2D eigenvalue weighted by Crippen LogP contribution is 2.34. The number of ether oxygens (including phenoxy) is 3. The number of aromatic nitrogens is 2. The predicted molar refractivity (Wildman–Crippen MR) is 136 cm³/mol. The van der Waals surface area contributed by atoms with Gasteiger partial charge in [-0.1, -0.05) is 12.1 Å². The molecule has 1 fully saturated rings. The Bertz CT molecular complexity index is 848. The third-order valence-corrected chi connectivity index (χ3v) is 5.85. The van der Waals surface area contributed by atoms with Gasteiger partial charge in [-0.15, -0.1) is 0 Å². The minimum Gasteiger partial charge on any atom is -0.493 e. The van der Waals surface area contributed by atoms with Crippen molar-refractivity contribution in [3.63, 3.8) is 0 Å². The quantitative estimate of drug-likeness (QED) is 0.345. The van der Waals surface area contributed by atoms with Crippen LogP contribution in [0.2, 0.25) is 0 Å². The maximum atomic E-state index is 8.36. The van der Waals surface area contributed by atoms with Crippen LogP contribution in [0.5, 0.6) is 11.5 Å². The fourth-order valence-electron chi connectivity index (χ4n) is 4.21. The molecule has 1 aliphatic heterocycles. The van der Waals surface area contributed by atoms with Crippen LogP contribution < -0.4 is 9.47 Å². The van der Waals surface area contributed by atoms with Crippen LogP contribution in [0.4, 0.5) is 0 Å². The molecule has 1 saturated heterocycles. The van der Waals surface area contributed by atoms with Gasteiger partial charge in [0.1, 0.15) is 0 Å². The zero-order chi connectivity index (χ0) is 26.8. The van der Waals surface area contributed by atoms with Crippen LogP contribution in [0.3, 0.4) is 0 Å². The van der Waals surface area contributed by atoms with Gasteiger partial charge in [0.25, 0.3) is 12.9 Å². The molecule has 0 unspecified atom stereocenters. The summed E-state index contributed by atoms with van der Waals surface area (Å²) in [5, 5.41) is 13.8. The Kier molecular flexibility index (Phi) is 14.8. The van der Waals surface area contributed by atoms with Gasteiger partial charge in [-0.25, -0.2) is 4.98 Å². The molecule has 2 heterocycles. The van der Waals surface area contributed by atoms with Crippen molar-refractivity contribution in [3.05, 3.63) is 42.5 Å². The first-order chi connectivity index (χ1) is 17.4. The van der Waals surface area contributed by atoms with Crippen LogP contribution in [0.1, 0.15) is 24.8 Å². The summed E-state index contributed by atoms with van der Waals surface area (Å²) in [6, 6.07) is 6.16. The van der Waals surface area contributed by atoms with E-state index in [2.05, 4.69) is 39.5 Å². The van der Waals surface area contributed by atoms with E-state index in [4.69, 9.17) is 34.0 Å². The number of nitrogens with zero attached hydrogens (tertiary/aromatic N) is 4. The van der Waals surface area contributed by atoms with Crippen LogP contribution in [0.15, 0.2) is 36.9 Å². The van der Waals surface area contributed by atoms with Crippen molar-refractivity contribution in [1.29, 1.82) is 0 Å². The van der Waals surface area contributed by atoms with Crippen LogP contribution in [0, 0.1) is 0 Å². The normalized spacial score (nSPS) is 14.6. The number of carbonyl (C=O) groups is 2. The number of para-hydroxylation sites is 1. The second kappa shape index (κ2) is 17.3. The number of rotatable bonds is 11. The molecular weight excluding hydrogens is 468 g/mol.